The highest BCUT2D eigenvalue weighted by molar-refractivity contribution is 5.98. The lowest BCUT2D eigenvalue weighted by molar-refractivity contribution is 0.270. The third-order valence-corrected chi connectivity index (χ3v) is 3.86. The van der Waals surface area contributed by atoms with Gasteiger partial charge in [-0.05, 0) is 24.6 Å². The summed E-state index contributed by atoms with van der Waals surface area (Å²) in [6.07, 6.45) is 0. The Morgan fingerprint density at radius 1 is 0.810 bits per heavy atom. The van der Waals surface area contributed by atoms with Gasteiger partial charge in [0, 0.05) is 18.8 Å². The van der Waals surface area contributed by atoms with E-state index in [2.05, 4.69) is 71.4 Å². The number of hydrogen-bond donors (Lipinski definition) is 0. The van der Waals surface area contributed by atoms with Gasteiger partial charge < -0.3 is 4.90 Å². The Hall–Kier alpha value is -2.29. The summed E-state index contributed by atoms with van der Waals surface area (Å²) in [6.45, 7) is 6.07. The van der Waals surface area contributed by atoms with Crippen LogP contribution in [0.4, 0.5) is 5.69 Å². The van der Waals surface area contributed by atoms with Gasteiger partial charge in [0.25, 0.3) is 0 Å². The molecule has 2 aromatic rings. The third-order valence-electron chi connectivity index (χ3n) is 3.86. The number of para-hydroxylation sites is 1. The van der Waals surface area contributed by atoms with E-state index in [-0.39, 0.29) is 0 Å². The number of nitrogens with zero attached hydrogens (tertiary/aromatic N) is 3. The van der Waals surface area contributed by atoms with Crippen LogP contribution in [0.3, 0.4) is 0 Å². The minimum Gasteiger partial charge on any atom is -0.368 e. The van der Waals surface area contributed by atoms with Crippen molar-refractivity contribution in [1.82, 2.24) is 5.01 Å². The monoisotopic (exact) mass is 279 g/mol. The van der Waals surface area contributed by atoms with Crippen molar-refractivity contribution in [2.75, 3.05) is 31.1 Å². The van der Waals surface area contributed by atoms with Gasteiger partial charge in [0.05, 0.1) is 18.8 Å². The van der Waals surface area contributed by atoms with Gasteiger partial charge in [0.1, 0.15) is 0 Å². The van der Waals surface area contributed by atoms with Gasteiger partial charge in [-0.1, -0.05) is 48.5 Å². The van der Waals surface area contributed by atoms with Gasteiger partial charge >= 0.3 is 0 Å². The number of anilines is 1. The van der Waals surface area contributed by atoms with Crippen LogP contribution in [0, 0.1) is 0 Å². The fourth-order valence-corrected chi connectivity index (χ4v) is 2.64. The second-order valence-corrected chi connectivity index (χ2v) is 5.33. The summed E-state index contributed by atoms with van der Waals surface area (Å²) in [7, 11) is 0. The fraction of sp³-hybridized carbons (Fsp3) is 0.278. The second-order valence-electron chi connectivity index (χ2n) is 5.33. The van der Waals surface area contributed by atoms with E-state index in [1.165, 1.54) is 11.3 Å². The predicted octanol–water partition coefficient (Wildman–Crippen LogP) is 3.23. The van der Waals surface area contributed by atoms with Gasteiger partial charge in [0.2, 0.25) is 0 Å². The van der Waals surface area contributed by atoms with Crippen LogP contribution >= 0.6 is 0 Å². The van der Waals surface area contributed by atoms with Crippen LogP contribution in [-0.2, 0) is 0 Å². The average Bonchev–Trinajstić information content (AvgIpc) is 2.57. The molecule has 1 aliphatic heterocycles. The molecule has 108 valence electrons. The summed E-state index contributed by atoms with van der Waals surface area (Å²) in [5, 5.41) is 6.94. The molecule has 0 N–H and O–H groups in total. The first kappa shape index (κ1) is 13.7. The first-order valence-electron chi connectivity index (χ1n) is 7.48. The Balaban J connectivity index is 1.61. The van der Waals surface area contributed by atoms with E-state index < -0.39 is 0 Å². The van der Waals surface area contributed by atoms with Gasteiger partial charge in [-0.15, -0.1) is 0 Å². The number of rotatable bonds is 3. The van der Waals surface area contributed by atoms with Crippen LogP contribution in [0.5, 0.6) is 0 Å². The summed E-state index contributed by atoms with van der Waals surface area (Å²) < 4.78 is 0. The maximum atomic E-state index is 4.76. The maximum Gasteiger partial charge on any atom is 0.0646 e. The molecule has 0 radical (unpaired) electrons. The lowest BCUT2D eigenvalue weighted by atomic mass is 10.1. The SMILES string of the molecule is CC(=NN1CCN(c2ccccc2)CC1)c1ccccc1. The third kappa shape index (κ3) is 3.43. The summed E-state index contributed by atoms with van der Waals surface area (Å²) in [6, 6.07) is 21.0. The zero-order chi connectivity index (χ0) is 14.5. The normalized spacial score (nSPS) is 16.1. The van der Waals surface area contributed by atoms with Crippen LogP contribution in [0.25, 0.3) is 0 Å². The smallest absolute Gasteiger partial charge is 0.0646 e. The second kappa shape index (κ2) is 6.44. The molecule has 0 bridgehead atoms. The molecule has 1 saturated heterocycles. The lowest BCUT2D eigenvalue weighted by Gasteiger charge is -2.34. The summed E-state index contributed by atoms with van der Waals surface area (Å²) in [5.74, 6) is 0. The van der Waals surface area contributed by atoms with Gasteiger partial charge in [0.15, 0.2) is 0 Å². The first-order chi connectivity index (χ1) is 10.3. The molecule has 0 unspecified atom stereocenters. The molecule has 0 aromatic heterocycles. The molecule has 0 aliphatic carbocycles. The van der Waals surface area contributed by atoms with Crippen LogP contribution in [-0.4, -0.2) is 36.9 Å². The topological polar surface area (TPSA) is 18.8 Å². The van der Waals surface area contributed by atoms with E-state index in [0.29, 0.717) is 0 Å². The quantitative estimate of drug-likeness (QED) is 0.803. The van der Waals surface area contributed by atoms with Crippen molar-refractivity contribution in [3.63, 3.8) is 0 Å². The predicted molar refractivity (Wildman–Crippen MR) is 88.9 cm³/mol. The lowest BCUT2D eigenvalue weighted by Crippen LogP contribution is -2.44. The first-order valence-corrected chi connectivity index (χ1v) is 7.48. The molecule has 0 amide bonds. The molecule has 0 atom stereocenters. The van der Waals surface area contributed by atoms with E-state index in [4.69, 9.17) is 5.10 Å². The van der Waals surface area contributed by atoms with Gasteiger partial charge in [-0.3, -0.25) is 5.01 Å². The molecule has 1 fully saturated rings. The van der Waals surface area contributed by atoms with Crippen molar-refractivity contribution >= 4 is 11.4 Å². The largest absolute Gasteiger partial charge is 0.368 e. The van der Waals surface area contributed by atoms with Crippen molar-refractivity contribution < 1.29 is 0 Å². The van der Waals surface area contributed by atoms with Crippen molar-refractivity contribution in [3.8, 4) is 0 Å². The number of piperazine rings is 1. The van der Waals surface area contributed by atoms with Crippen LogP contribution < -0.4 is 4.90 Å². The standard InChI is InChI=1S/C18H21N3/c1-16(17-8-4-2-5-9-17)19-21-14-12-20(13-15-21)18-10-6-3-7-11-18/h2-11H,12-15H2,1H3. The van der Waals surface area contributed by atoms with Crippen LogP contribution in [0.15, 0.2) is 65.8 Å². The number of hydrogen-bond acceptors (Lipinski definition) is 3. The van der Waals surface area contributed by atoms with Crippen LogP contribution in [0.2, 0.25) is 0 Å². The molecule has 3 heteroatoms. The minimum atomic E-state index is 0.971. The number of hydrazone groups is 1. The zero-order valence-electron chi connectivity index (χ0n) is 12.4. The molecule has 3 rings (SSSR count). The van der Waals surface area contributed by atoms with Gasteiger partial charge in [-0.25, -0.2) is 0 Å². The fourth-order valence-electron chi connectivity index (χ4n) is 2.64. The molecule has 1 heterocycles. The van der Waals surface area contributed by atoms with Crippen molar-refractivity contribution in [2.45, 2.75) is 6.92 Å². The van der Waals surface area contributed by atoms with Crippen molar-refractivity contribution in [3.05, 3.63) is 66.2 Å². The van der Waals surface area contributed by atoms with E-state index in [0.717, 1.165) is 31.9 Å². The van der Waals surface area contributed by atoms with Crippen molar-refractivity contribution in [1.29, 1.82) is 0 Å². The Morgan fingerprint density at radius 3 is 2.00 bits per heavy atom. The Morgan fingerprint density at radius 2 is 1.38 bits per heavy atom. The molecule has 1 aliphatic rings. The molecular formula is C18H21N3. The molecule has 2 aromatic carbocycles. The van der Waals surface area contributed by atoms with E-state index in [9.17, 15) is 0 Å². The summed E-state index contributed by atoms with van der Waals surface area (Å²) >= 11 is 0. The van der Waals surface area contributed by atoms with E-state index in [1.54, 1.807) is 0 Å². The molecule has 21 heavy (non-hydrogen) atoms. The highest BCUT2D eigenvalue weighted by atomic mass is 15.5. The molecule has 0 spiro atoms. The Bertz CT molecular complexity index is 584. The Labute approximate surface area is 126 Å². The number of benzene rings is 2. The van der Waals surface area contributed by atoms with E-state index in [1.807, 2.05) is 6.07 Å². The zero-order valence-corrected chi connectivity index (χ0v) is 12.4. The van der Waals surface area contributed by atoms with E-state index >= 15 is 0 Å². The summed E-state index contributed by atoms with van der Waals surface area (Å²) in [4.78, 5) is 2.42. The highest BCUT2D eigenvalue weighted by Crippen LogP contribution is 2.16. The highest BCUT2D eigenvalue weighted by Gasteiger charge is 2.15. The van der Waals surface area contributed by atoms with Crippen molar-refractivity contribution in [2.24, 2.45) is 5.10 Å². The maximum absolute atomic E-state index is 4.76. The summed E-state index contributed by atoms with van der Waals surface area (Å²) in [5.41, 5.74) is 3.59. The minimum absolute atomic E-state index is 0.971. The molecular weight excluding hydrogens is 258 g/mol. The Kier molecular flexibility index (Phi) is 4.20. The average molecular weight is 279 g/mol. The molecule has 0 saturated carbocycles. The van der Waals surface area contributed by atoms with Crippen LogP contribution in [0.1, 0.15) is 12.5 Å². The van der Waals surface area contributed by atoms with Gasteiger partial charge in [-0.2, -0.15) is 5.10 Å². The molecule has 3 nitrogen and oxygen atoms in total.